The maximum atomic E-state index is 13.3. The third kappa shape index (κ3) is 4.36. The standard InChI is InChI=1S/C18H16ClFN4O/c1-12-10-24(18(21)23-12)22-9-14-8-15(19)5-6-17(14)25-11-13-3-2-4-16(20)7-13/h2-10H,11H2,1H3,(H2,21,23). The Morgan fingerprint density at radius 2 is 2.16 bits per heavy atom. The Balaban J connectivity index is 1.81. The SMILES string of the molecule is Cc1cn(N=Cc2cc(Cl)ccc2OCc2cccc(F)c2)c(N)n1. The van der Waals surface area contributed by atoms with E-state index in [-0.39, 0.29) is 18.4 Å². The minimum Gasteiger partial charge on any atom is -0.488 e. The van der Waals surface area contributed by atoms with Crippen molar-refractivity contribution in [1.29, 1.82) is 0 Å². The quantitative estimate of drug-likeness (QED) is 0.700. The van der Waals surface area contributed by atoms with Crippen molar-refractivity contribution >= 4 is 23.8 Å². The van der Waals surface area contributed by atoms with E-state index in [0.717, 1.165) is 11.3 Å². The third-order valence-corrected chi connectivity index (χ3v) is 3.65. The van der Waals surface area contributed by atoms with E-state index >= 15 is 0 Å². The summed E-state index contributed by atoms with van der Waals surface area (Å²) in [5.41, 5.74) is 7.94. The van der Waals surface area contributed by atoms with E-state index in [1.54, 1.807) is 42.7 Å². The van der Waals surface area contributed by atoms with Gasteiger partial charge in [-0.25, -0.2) is 14.1 Å². The molecule has 0 unspecified atom stereocenters. The average molecular weight is 359 g/mol. The highest BCUT2D eigenvalue weighted by molar-refractivity contribution is 6.30. The minimum atomic E-state index is -0.301. The van der Waals surface area contributed by atoms with Gasteiger partial charge in [0.15, 0.2) is 0 Å². The zero-order valence-electron chi connectivity index (χ0n) is 13.5. The molecule has 0 radical (unpaired) electrons. The molecule has 128 valence electrons. The van der Waals surface area contributed by atoms with E-state index in [1.165, 1.54) is 16.8 Å². The van der Waals surface area contributed by atoms with Gasteiger partial charge in [-0.3, -0.25) is 0 Å². The van der Waals surface area contributed by atoms with Crippen molar-refractivity contribution in [3.8, 4) is 5.75 Å². The molecule has 0 atom stereocenters. The lowest BCUT2D eigenvalue weighted by atomic mass is 10.2. The molecule has 0 saturated heterocycles. The van der Waals surface area contributed by atoms with Crippen molar-refractivity contribution in [3.05, 3.63) is 76.3 Å². The third-order valence-electron chi connectivity index (χ3n) is 3.41. The van der Waals surface area contributed by atoms with Gasteiger partial charge in [-0.15, -0.1) is 0 Å². The Kier molecular flexibility index (Phi) is 5.00. The van der Waals surface area contributed by atoms with Crippen LogP contribution in [0.25, 0.3) is 0 Å². The summed E-state index contributed by atoms with van der Waals surface area (Å²) >= 11 is 6.06. The summed E-state index contributed by atoms with van der Waals surface area (Å²) < 4.78 is 20.5. The van der Waals surface area contributed by atoms with Crippen LogP contribution in [0.1, 0.15) is 16.8 Å². The number of halogens is 2. The van der Waals surface area contributed by atoms with Crippen molar-refractivity contribution in [2.75, 3.05) is 5.73 Å². The highest BCUT2D eigenvalue weighted by Gasteiger charge is 2.05. The average Bonchev–Trinajstić information content (AvgIpc) is 2.89. The van der Waals surface area contributed by atoms with Gasteiger partial charge in [0.25, 0.3) is 0 Å². The molecule has 1 heterocycles. The van der Waals surface area contributed by atoms with E-state index in [0.29, 0.717) is 16.3 Å². The second-order valence-electron chi connectivity index (χ2n) is 5.43. The molecule has 0 amide bonds. The van der Waals surface area contributed by atoms with Crippen molar-refractivity contribution in [2.24, 2.45) is 5.10 Å². The fraction of sp³-hybridized carbons (Fsp3) is 0.111. The molecule has 0 aliphatic carbocycles. The zero-order valence-corrected chi connectivity index (χ0v) is 14.2. The van der Waals surface area contributed by atoms with Crippen LogP contribution in [-0.4, -0.2) is 15.9 Å². The van der Waals surface area contributed by atoms with E-state index in [4.69, 9.17) is 22.1 Å². The predicted molar refractivity (Wildman–Crippen MR) is 96.6 cm³/mol. The number of nitrogen functional groups attached to an aromatic ring is 1. The molecule has 2 N–H and O–H groups in total. The van der Waals surface area contributed by atoms with Crippen LogP contribution in [0.15, 0.2) is 53.8 Å². The highest BCUT2D eigenvalue weighted by Crippen LogP contribution is 2.23. The summed E-state index contributed by atoms with van der Waals surface area (Å²) in [4.78, 5) is 4.08. The summed E-state index contributed by atoms with van der Waals surface area (Å²) in [6, 6.07) is 11.4. The number of aryl methyl sites for hydroxylation is 1. The van der Waals surface area contributed by atoms with Gasteiger partial charge in [0.2, 0.25) is 5.95 Å². The van der Waals surface area contributed by atoms with Gasteiger partial charge in [0.05, 0.1) is 18.1 Å². The fourth-order valence-corrected chi connectivity index (χ4v) is 2.44. The van der Waals surface area contributed by atoms with E-state index in [1.807, 2.05) is 6.92 Å². The van der Waals surface area contributed by atoms with Crippen LogP contribution in [0.5, 0.6) is 5.75 Å². The monoisotopic (exact) mass is 358 g/mol. The summed E-state index contributed by atoms with van der Waals surface area (Å²) in [6.07, 6.45) is 3.30. The molecule has 0 saturated carbocycles. The minimum absolute atomic E-state index is 0.229. The predicted octanol–water partition coefficient (Wildman–Crippen LogP) is 4.03. The summed E-state index contributed by atoms with van der Waals surface area (Å²) in [7, 11) is 0. The number of ether oxygens (including phenoxy) is 1. The Labute approximate surface area is 149 Å². The molecular weight excluding hydrogens is 343 g/mol. The lowest BCUT2D eigenvalue weighted by Gasteiger charge is -2.10. The van der Waals surface area contributed by atoms with Crippen LogP contribution in [0, 0.1) is 12.7 Å². The Hall–Kier alpha value is -2.86. The van der Waals surface area contributed by atoms with E-state index in [2.05, 4.69) is 10.1 Å². The van der Waals surface area contributed by atoms with E-state index < -0.39 is 0 Å². The van der Waals surface area contributed by atoms with Gasteiger partial charge in [-0.05, 0) is 42.8 Å². The zero-order chi connectivity index (χ0) is 17.8. The lowest BCUT2D eigenvalue weighted by molar-refractivity contribution is 0.305. The largest absolute Gasteiger partial charge is 0.488 e. The molecule has 2 aromatic carbocycles. The number of hydrogen-bond acceptors (Lipinski definition) is 4. The van der Waals surface area contributed by atoms with Gasteiger partial charge < -0.3 is 10.5 Å². The van der Waals surface area contributed by atoms with Gasteiger partial charge in [-0.1, -0.05) is 23.7 Å². The van der Waals surface area contributed by atoms with Crippen molar-refractivity contribution in [1.82, 2.24) is 9.66 Å². The second-order valence-corrected chi connectivity index (χ2v) is 5.87. The molecule has 0 fully saturated rings. The van der Waals surface area contributed by atoms with E-state index in [9.17, 15) is 4.39 Å². The van der Waals surface area contributed by atoms with Crippen LogP contribution in [0.2, 0.25) is 5.02 Å². The Bertz CT molecular complexity index is 923. The summed E-state index contributed by atoms with van der Waals surface area (Å²) in [6.45, 7) is 2.06. The maximum Gasteiger partial charge on any atom is 0.221 e. The topological polar surface area (TPSA) is 65.4 Å². The normalized spacial score (nSPS) is 11.2. The summed E-state index contributed by atoms with van der Waals surface area (Å²) in [5.74, 6) is 0.566. The van der Waals surface area contributed by atoms with Crippen molar-refractivity contribution in [2.45, 2.75) is 13.5 Å². The first-order chi connectivity index (χ1) is 12.0. The molecule has 0 aliphatic heterocycles. The number of anilines is 1. The van der Waals surface area contributed by atoms with Crippen LogP contribution in [0.4, 0.5) is 10.3 Å². The molecule has 0 aliphatic rings. The first-order valence-corrected chi connectivity index (χ1v) is 7.91. The smallest absolute Gasteiger partial charge is 0.221 e. The highest BCUT2D eigenvalue weighted by atomic mass is 35.5. The van der Waals surface area contributed by atoms with Gasteiger partial charge >= 0.3 is 0 Å². The number of rotatable bonds is 5. The molecule has 0 spiro atoms. The lowest BCUT2D eigenvalue weighted by Crippen LogP contribution is -2.00. The molecule has 3 aromatic rings. The number of aromatic nitrogens is 2. The van der Waals surface area contributed by atoms with Crippen LogP contribution in [0.3, 0.4) is 0 Å². The molecule has 7 heteroatoms. The number of nitrogens with zero attached hydrogens (tertiary/aromatic N) is 3. The molecule has 3 rings (SSSR count). The van der Waals surface area contributed by atoms with Crippen molar-refractivity contribution < 1.29 is 9.13 Å². The van der Waals surface area contributed by atoms with Crippen LogP contribution < -0.4 is 10.5 Å². The molecule has 5 nitrogen and oxygen atoms in total. The number of hydrogen-bond donors (Lipinski definition) is 1. The molecule has 1 aromatic heterocycles. The Morgan fingerprint density at radius 3 is 2.88 bits per heavy atom. The molecule has 25 heavy (non-hydrogen) atoms. The summed E-state index contributed by atoms with van der Waals surface area (Å²) in [5, 5.41) is 4.82. The molecule has 0 bridgehead atoms. The van der Waals surface area contributed by atoms with Gasteiger partial charge in [-0.2, -0.15) is 5.10 Å². The Morgan fingerprint density at radius 1 is 1.32 bits per heavy atom. The number of imidazole rings is 1. The second kappa shape index (κ2) is 7.36. The number of nitrogens with two attached hydrogens (primary N) is 1. The fourth-order valence-electron chi connectivity index (χ4n) is 2.26. The first kappa shape index (κ1) is 17.0. The number of benzene rings is 2. The van der Waals surface area contributed by atoms with Gasteiger partial charge in [0, 0.05) is 10.6 Å². The first-order valence-electron chi connectivity index (χ1n) is 7.54. The maximum absolute atomic E-state index is 13.3. The van der Waals surface area contributed by atoms with Crippen LogP contribution >= 0.6 is 11.6 Å². The van der Waals surface area contributed by atoms with Gasteiger partial charge in [0.1, 0.15) is 18.2 Å². The van der Waals surface area contributed by atoms with Crippen molar-refractivity contribution in [3.63, 3.8) is 0 Å². The molecular formula is C18H16ClFN4O. The van der Waals surface area contributed by atoms with Crippen LogP contribution in [-0.2, 0) is 6.61 Å².